The molecule has 3 rings (SSSR count). The second-order valence-corrected chi connectivity index (χ2v) is 10.9. The van der Waals surface area contributed by atoms with E-state index in [9.17, 15) is 23.3 Å². The van der Waals surface area contributed by atoms with Crippen molar-refractivity contribution < 1.29 is 22.7 Å². The van der Waals surface area contributed by atoms with E-state index < -0.39 is 33.9 Å². The number of sulfonamides is 1. The molecule has 10 heteroatoms. The van der Waals surface area contributed by atoms with Gasteiger partial charge in [-0.15, -0.1) is 0 Å². The highest BCUT2D eigenvalue weighted by Crippen LogP contribution is 2.40. The lowest BCUT2D eigenvalue weighted by Gasteiger charge is -2.21. The molecule has 0 bridgehead atoms. The Kier molecular flexibility index (Phi) is 7.06. The molecule has 1 aliphatic rings. The van der Waals surface area contributed by atoms with E-state index in [0.717, 1.165) is 11.4 Å². The zero-order valence-electron chi connectivity index (χ0n) is 20.5. The minimum absolute atomic E-state index is 0.0169. The van der Waals surface area contributed by atoms with Gasteiger partial charge in [0.1, 0.15) is 17.5 Å². The highest BCUT2D eigenvalue weighted by Gasteiger charge is 2.32. The van der Waals surface area contributed by atoms with E-state index >= 15 is 0 Å². The first-order valence-electron chi connectivity index (χ1n) is 10.8. The van der Waals surface area contributed by atoms with Gasteiger partial charge in [-0.3, -0.25) is 4.79 Å². The zero-order chi connectivity index (χ0) is 26.1. The fraction of sp³-hybridized carbons (Fsp3) is 0.320. The summed E-state index contributed by atoms with van der Waals surface area (Å²) in [7, 11) is -0.385. The number of para-hydroxylation sites is 2. The number of benzene rings is 2. The summed E-state index contributed by atoms with van der Waals surface area (Å²) in [6.07, 6.45) is 0. The number of nitrogens with zero attached hydrogens (tertiary/aromatic N) is 3. The Morgan fingerprint density at radius 2 is 1.63 bits per heavy atom. The van der Waals surface area contributed by atoms with Gasteiger partial charge >= 0.3 is 5.97 Å². The van der Waals surface area contributed by atoms with E-state index in [-0.39, 0.29) is 16.0 Å². The number of ether oxygens (including phenoxy) is 1. The number of esters is 1. The molecule has 0 saturated heterocycles. The maximum atomic E-state index is 12.9. The fourth-order valence-corrected chi connectivity index (χ4v) is 5.23. The smallest absolute Gasteiger partial charge is 0.338 e. The molecule has 1 aliphatic heterocycles. The van der Waals surface area contributed by atoms with Crippen molar-refractivity contribution in [1.82, 2.24) is 4.72 Å². The molecule has 184 valence electrons. The summed E-state index contributed by atoms with van der Waals surface area (Å²) in [5.74, 6) is -1.15. The van der Waals surface area contributed by atoms with E-state index in [1.54, 1.807) is 51.6 Å². The lowest BCUT2D eigenvalue weighted by Crippen LogP contribution is -2.40. The van der Waals surface area contributed by atoms with Crippen molar-refractivity contribution in [2.75, 3.05) is 30.5 Å². The van der Waals surface area contributed by atoms with Crippen LogP contribution in [0, 0.1) is 18.3 Å². The van der Waals surface area contributed by atoms with Crippen LogP contribution in [0.3, 0.4) is 0 Å². The number of carbonyl (C=O) groups is 2. The summed E-state index contributed by atoms with van der Waals surface area (Å²) in [5.41, 5.74) is 1.31. The quantitative estimate of drug-likeness (QED) is 0.368. The first-order valence-corrected chi connectivity index (χ1v) is 12.3. The lowest BCUT2D eigenvalue weighted by molar-refractivity contribution is -0.118. The van der Waals surface area contributed by atoms with Crippen LogP contribution in [0.15, 0.2) is 58.8 Å². The number of fused-ring (bicyclic) bond motifs is 1. The number of nitrogens with one attached hydrogen (secondary N) is 1. The molecule has 0 atom stereocenters. The van der Waals surface area contributed by atoms with Crippen molar-refractivity contribution >= 4 is 33.2 Å². The van der Waals surface area contributed by atoms with Crippen LogP contribution in [-0.4, -0.2) is 46.4 Å². The number of anilines is 2. The number of ketones is 1. The standard InChI is InChI=1S/C25H28N4O5S/c1-16-11-12-17(35(32,33)27-25(2,3)4)13-18(16)24(31)34-15-22(30)19(14-26)23-28(5)20-9-7-8-10-21(20)29(23)6/h7-13,27H,15H2,1-6H3. The second kappa shape index (κ2) is 9.52. The van der Waals surface area contributed by atoms with Crippen molar-refractivity contribution in [3.05, 3.63) is 65.0 Å². The van der Waals surface area contributed by atoms with Gasteiger partial charge in [-0.2, -0.15) is 5.26 Å². The summed E-state index contributed by atoms with van der Waals surface area (Å²) in [6, 6.07) is 13.5. The van der Waals surface area contributed by atoms with Crippen LogP contribution in [0.4, 0.5) is 11.4 Å². The fourth-order valence-electron chi connectivity index (χ4n) is 3.79. The Hall–Kier alpha value is -3.68. The number of Topliss-reactive ketones (excluding diaryl/α,β-unsaturated/α-hetero) is 1. The molecule has 0 saturated carbocycles. The molecule has 0 spiro atoms. The van der Waals surface area contributed by atoms with E-state index in [4.69, 9.17) is 4.74 Å². The Bertz CT molecular complexity index is 1340. The van der Waals surface area contributed by atoms with Crippen LogP contribution in [0.25, 0.3) is 0 Å². The Labute approximate surface area is 205 Å². The highest BCUT2D eigenvalue weighted by molar-refractivity contribution is 7.89. The molecule has 0 unspecified atom stereocenters. The van der Waals surface area contributed by atoms with Crippen LogP contribution in [0.5, 0.6) is 0 Å². The SMILES string of the molecule is Cc1ccc(S(=O)(=O)NC(C)(C)C)cc1C(=O)OCC(=O)C(C#N)=C1N(C)c2ccccc2N1C. The van der Waals surface area contributed by atoms with Crippen LogP contribution >= 0.6 is 0 Å². The lowest BCUT2D eigenvalue weighted by atomic mass is 10.1. The average Bonchev–Trinajstić information content (AvgIpc) is 3.02. The molecule has 1 heterocycles. The summed E-state index contributed by atoms with van der Waals surface area (Å²) >= 11 is 0. The van der Waals surface area contributed by atoms with Gasteiger partial charge in [-0.05, 0) is 57.5 Å². The molecule has 0 amide bonds. The summed E-state index contributed by atoms with van der Waals surface area (Å²) < 4.78 is 33.1. The molecular weight excluding hydrogens is 468 g/mol. The number of hydrogen-bond donors (Lipinski definition) is 1. The molecule has 0 aromatic heterocycles. The topological polar surface area (TPSA) is 120 Å². The van der Waals surface area contributed by atoms with Crippen LogP contribution in [0.2, 0.25) is 0 Å². The third-order valence-electron chi connectivity index (χ3n) is 5.37. The van der Waals surface area contributed by atoms with Crippen LogP contribution in [0.1, 0.15) is 36.7 Å². The molecular formula is C25H28N4O5S. The van der Waals surface area contributed by atoms with E-state index in [0.29, 0.717) is 11.4 Å². The highest BCUT2D eigenvalue weighted by atomic mass is 32.2. The van der Waals surface area contributed by atoms with Gasteiger partial charge in [0.05, 0.1) is 21.8 Å². The van der Waals surface area contributed by atoms with Gasteiger partial charge in [0.25, 0.3) is 0 Å². The average molecular weight is 497 g/mol. The predicted octanol–water partition coefficient (Wildman–Crippen LogP) is 3.12. The van der Waals surface area contributed by atoms with Gasteiger partial charge in [-0.1, -0.05) is 18.2 Å². The van der Waals surface area contributed by atoms with Crippen molar-refractivity contribution in [2.45, 2.75) is 38.1 Å². The summed E-state index contributed by atoms with van der Waals surface area (Å²) in [4.78, 5) is 29.0. The Balaban J connectivity index is 1.82. The molecule has 0 aliphatic carbocycles. The minimum atomic E-state index is -3.88. The van der Waals surface area contributed by atoms with Gasteiger partial charge in [0, 0.05) is 19.6 Å². The third-order valence-corrected chi connectivity index (χ3v) is 7.12. The predicted molar refractivity (Wildman–Crippen MR) is 132 cm³/mol. The first-order chi connectivity index (χ1) is 16.3. The molecule has 9 nitrogen and oxygen atoms in total. The largest absolute Gasteiger partial charge is 0.454 e. The normalized spacial score (nSPS) is 13.3. The van der Waals surface area contributed by atoms with Crippen molar-refractivity contribution in [3.8, 4) is 6.07 Å². The Morgan fingerprint density at radius 1 is 1.06 bits per heavy atom. The van der Waals surface area contributed by atoms with E-state index in [1.165, 1.54) is 18.2 Å². The van der Waals surface area contributed by atoms with Gasteiger partial charge in [-0.25, -0.2) is 17.9 Å². The van der Waals surface area contributed by atoms with Crippen LogP contribution in [-0.2, 0) is 19.6 Å². The number of aryl methyl sites for hydroxylation is 1. The van der Waals surface area contributed by atoms with E-state index in [2.05, 4.69) is 4.72 Å². The van der Waals surface area contributed by atoms with Gasteiger partial charge in [0.15, 0.2) is 6.61 Å². The van der Waals surface area contributed by atoms with E-state index in [1.807, 2.05) is 30.3 Å². The monoisotopic (exact) mass is 496 g/mol. The maximum Gasteiger partial charge on any atom is 0.338 e. The molecule has 2 aromatic rings. The molecule has 2 aromatic carbocycles. The summed E-state index contributed by atoms with van der Waals surface area (Å²) in [6.45, 7) is 6.09. The summed E-state index contributed by atoms with van der Waals surface area (Å²) in [5, 5.41) is 9.72. The molecule has 0 fully saturated rings. The van der Waals surface area contributed by atoms with Crippen molar-refractivity contribution in [2.24, 2.45) is 0 Å². The molecule has 0 radical (unpaired) electrons. The minimum Gasteiger partial charge on any atom is -0.454 e. The van der Waals surface area contributed by atoms with Gasteiger partial charge < -0.3 is 14.5 Å². The second-order valence-electron chi connectivity index (χ2n) is 9.25. The number of nitriles is 1. The first kappa shape index (κ1) is 25.9. The van der Waals surface area contributed by atoms with Crippen molar-refractivity contribution in [1.29, 1.82) is 5.26 Å². The van der Waals surface area contributed by atoms with Gasteiger partial charge in [0.2, 0.25) is 15.8 Å². The third kappa shape index (κ3) is 5.37. The molecule has 35 heavy (non-hydrogen) atoms. The Morgan fingerprint density at radius 3 is 2.14 bits per heavy atom. The maximum absolute atomic E-state index is 12.9. The van der Waals surface area contributed by atoms with Crippen molar-refractivity contribution in [3.63, 3.8) is 0 Å². The number of rotatable bonds is 6. The molecule has 1 N–H and O–H groups in total. The number of carbonyl (C=O) groups excluding carboxylic acids is 2. The van der Waals surface area contributed by atoms with Crippen LogP contribution < -0.4 is 14.5 Å². The zero-order valence-corrected chi connectivity index (χ0v) is 21.4. The number of hydrogen-bond acceptors (Lipinski definition) is 8.